The Kier molecular flexibility index (Phi) is 4.64. The molecule has 2 fully saturated rings. The smallest absolute Gasteiger partial charge is 0.398 e. The second kappa shape index (κ2) is 6.61. The van der Waals surface area contributed by atoms with Gasteiger partial charge in [0.15, 0.2) is 0 Å². The number of hydrogen-bond donors (Lipinski definition) is 1. The van der Waals surface area contributed by atoms with Crippen molar-refractivity contribution >= 4 is 23.7 Å². The molecule has 6 heteroatoms. The van der Waals surface area contributed by atoms with Crippen LogP contribution in [0.15, 0.2) is 12.1 Å². The summed E-state index contributed by atoms with van der Waals surface area (Å²) in [5, 5.41) is 0. The van der Waals surface area contributed by atoms with Crippen LogP contribution in [0.1, 0.15) is 84.1 Å². The van der Waals surface area contributed by atoms with Crippen LogP contribution in [0.3, 0.4) is 0 Å². The number of H-pyrrole nitrogens is 1. The van der Waals surface area contributed by atoms with Crippen molar-refractivity contribution in [2.45, 2.75) is 84.0 Å². The molecule has 5 nitrogen and oxygen atoms in total. The Balaban J connectivity index is 1.77. The Morgan fingerprint density at radius 3 is 2.41 bits per heavy atom. The molecule has 4 heterocycles. The normalized spacial score (nSPS) is 24.9. The summed E-state index contributed by atoms with van der Waals surface area (Å²) in [5.74, 6) is 0.308. The summed E-state index contributed by atoms with van der Waals surface area (Å²) in [5.41, 5.74) is 4.53. The van der Waals surface area contributed by atoms with Crippen molar-refractivity contribution in [2.24, 2.45) is 0 Å². The maximum absolute atomic E-state index is 6.31. The van der Waals surface area contributed by atoms with E-state index in [9.17, 15) is 0 Å². The molecule has 4 rings (SSSR count). The molecule has 27 heavy (non-hydrogen) atoms. The van der Waals surface area contributed by atoms with E-state index in [1.165, 1.54) is 12.0 Å². The zero-order valence-corrected chi connectivity index (χ0v) is 17.4. The summed E-state index contributed by atoms with van der Waals surface area (Å²) in [4.78, 5) is 8.56. The Morgan fingerprint density at radius 2 is 1.81 bits per heavy atom. The molecule has 0 aliphatic carbocycles. The molecule has 2 aliphatic rings. The monoisotopic (exact) mass is 370 g/mol. The summed E-state index contributed by atoms with van der Waals surface area (Å²) >= 11 is 0. The van der Waals surface area contributed by atoms with Gasteiger partial charge in [0, 0.05) is 6.61 Å². The Bertz CT molecular complexity index is 821. The lowest BCUT2D eigenvalue weighted by Crippen LogP contribution is -2.41. The number of nitrogens with one attached hydrogen (secondary N) is 1. The Hall–Kier alpha value is -1.37. The van der Waals surface area contributed by atoms with Crippen molar-refractivity contribution in [2.75, 3.05) is 6.61 Å². The van der Waals surface area contributed by atoms with E-state index in [2.05, 4.69) is 58.7 Å². The molecular weight excluding hydrogens is 339 g/mol. The highest BCUT2D eigenvalue weighted by atomic mass is 16.7. The van der Waals surface area contributed by atoms with Gasteiger partial charge in [0.1, 0.15) is 0 Å². The molecule has 2 aliphatic heterocycles. The molecule has 2 saturated heterocycles. The van der Waals surface area contributed by atoms with Gasteiger partial charge in [-0.1, -0.05) is 13.8 Å². The lowest BCUT2D eigenvalue weighted by molar-refractivity contribution is 0.00578. The van der Waals surface area contributed by atoms with Gasteiger partial charge in [0.05, 0.1) is 39.6 Å². The first-order valence-electron chi connectivity index (χ1n) is 10.2. The molecule has 2 aromatic rings. The van der Waals surface area contributed by atoms with E-state index in [1.807, 2.05) is 0 Å². The standard InChI is InChI=1S/C21H31BN2O3/c1-13(2)17-18-15(11-10-14(23-18)16-9-7-8-12-25-16)24-19(17)22-26-20(3,4)21(5,6)27-22/h10-11,13,16,24H,7-9,12H2,1-6H3. The van der Waals surface area contributed by atoms with Crippen LogP contribution in [-0.4, -0.2) is 34.9 Å². The second-order valence-corrected chi connectivity index (χ2v) is 9.18. The van der Waals surface area contributed by atoms with Crippen LogP contribution in [0.25, 0.3) is 11.0 Å². The fourth-order valence-corrected chi connectivity index (χ4v) is 4.00. The lowest BCUT2D eigenvalue weighted by Gasteiger charge is -2.32. The Labute approximate surface area is 162 Å². The fourth-order valence-electron chi connectivity index (χ4n) is 4.00. The van der Waals surface area contributed by atoms with Gasteiger partial charge in [-0.15, -0.1) is 0 Å². The van der Waals surface area contributed by atoms with E-state index in [0.717, 1.165) is 41.8 Å². The number of nitrogens with zero attached hydrogens (tertiary/aromatic N) is 1. The van der Waals surface area contributed by atoms with E-state index in [1.54, 1.807) is 0 Å². The molecule has 146 valence electrons. The van der Waals surface area contributed by atoms with Crippen LogP contribution >= 0.6 is 0 Å². The summed E-state index contributed by atoms with van der Waals surface area (Å²) < 4.78 is 18.6. The SMILES string of the molecule is CC(C)c1c(B2OC(C)(C)C(C)(C)O2)[nH]c2ccc(C3CCCCO3)nc12. The molecule has 1 N–H and O–H groups in total. The minimum absolute atomic E-state index is 0.110. The number of aromatic nitrogens is 2. The van der Waals surface area contributed by atoms with Gasteiger partial charge in [-0.2, -0.15) is 0 Å². The van der Waals surface area contributed by atoms with Crippen molar-refractivity contribution < 1.29 is 14.0 Å². The van der Waals surface area contributed by atoms with Crippen LogP contribution in [0.2, 0.25) is 0 Å². The zero-order valence-electron chi connectivity index (χ0n) is 17.4. The minimum Gasteiger partial charge on any atom is -0.398 e. The fraction of sp³-hybridized carbons (Fsp3) is 0.667. The van der Waals surface area contributed by atoms with Crippen molar-refractivity contribution in [3.05, 3.63) is 23.4 Å². The highest BCUT2D eigenvalue weighted by Crippen LogP contribution is 2.38. The number of rotatable bonds is 3. The number of pyridine rings is 1. The lowest BCUT2D eigenvalue weighted by atomic mass is 9.79. The highest BCUT2D eigenvalue weighted by molar-refractivity contribution is 6.62. The molecule has 0 saturated carbocycles. The molecule has 0 amide bonds. The molecule has 2 aromatic heterocycles. The molecule has 0 bridgehead atoms. The molecule has 1 atom stereocenters. The van der Waals surface area contributed by atoms with Gasteiger partial charge in [-0.25, -0.2) is 4.98 Å². The predicted octanol–water partition coefficient (Wildman–Crippen LogP) is 4.23. The van der Waals surface area contributed by atoms with Crippen LogP contribution in [0.5, 0.6) is 0 Å². The molecular formula is C21H31BN2O3. The highest BCUT2D eigenvalue weighted by Gasteiger charge is 2.53. The third kappa shape index (κ3) is 3.22. The molecule has 1 unspecified atom stereocenters. The van der Waals surface area contributed by atoms with E-state index in [4.69, 9.17) is 19.0 Å². The summed E-state index contributed by atoms with van der Waals surface area (Å²) in [7, 11) is -0.406. The van der Waals surface area contributed by atoms with Gasteiger partial charge < -0.3 is 19.0 Å². The van der Waals surface area contributed by atoms with Crippen LogP contribution in [0.4, 0.5) is 0 Å². The van der Waals surface area contributed by atoms with E-state index in [0.29, 0.717) is 5.92 Å². The predicted molar refractivity (Wildman–Crippen MR) is 108 cm³/mol. The van der Waals surface area contributed by atoms with Crippen molar-refractivity contribution in [3.8, 4) is 0 Å². The summed E-state index contributed by atoms with van der Waals surface area (Å²) in [6.07, 6.45) is 3.50. The van der Waals surface area contributed by atoms with Gasteiger partial charge in [-0.05, 0) is 70.6 Å². The quantitative estimate of drug-likeness (QED) is 0.822. The summed E-state index contributed by atoms with van der Waals surface area (Å²) in [6.45, 7) is 13.6. The number of hydrogen-bond acceptors (Lipinski definition) is 4. The van der Waals surface area contributed by atoms with E-state index < -0.39 is 7.12 Å². The Morgan fingerprint density at radius 1 is 1.11 bits per heavy atom. The van der Waals surface area contributed by atoms with Crippen LogP contribution in [0, 0.1) is 0 Å². The largest absolute Gasteiger partial charge is 0.512 e. The maximum atomic E-state index is 6.31. The summed E-state index contributed by atoms with van der Waals surface area (Å²) in [6, 6.07) is 4.21. The first-order chi connectivity index (χ1) is 12.7. The molecule has 0 radical (unpaired) electrons. The van der Waals surface area contributed by atoms with Gasteiger partial charge in [-0.3, -0.25) is 0 Å². The zero-order chi connectivity index (χ0) is 19.4. The van der Waals surface area contributed by atoms with Gasteiger partial charge in [0.2, 0.25) is 0 Å². The van der Waals surface area contributed by atoms with Crippen molar-refractivity contribution in [1.82, 2.24) is 9.97 Å². The van der Waals surface area contributed by atoms with Crippen LogP contribution < -0.4 is 5.59 Å². The third-order valence-corrected chi connectivity index (χ3v) is 6.31. The maximum Gasteiger partial charge on any atom is 0.512 e. The average Bonchev–Trinajstić information content (AvgIpc) is 3.09. The molecule has 0 spiro atoms. The average molecular weight is 370 g/mol. The topological polar surface area (TPSA) is 56.4 Å². The minimum atomic E-state index is -0.406. The first kappa shape index (κ1) is 19.0. The second-order valence-electron chi connectivity index (χ2n) is 9.18. The van der Waals surface area contributed by atoms with E-state index >= 15 is 0 Å². The first-order valence-corrected chi connectivity index (χ1v) is 10.2. The van der Waals surface area contributed by atoms with E-state index in [-0.39, 0.29) is 17.3 Å². The number of fused-ring (bicyclic) bond motifs is 1. The van der Waals surface area contributed by atoms with Crippen molar-refractivity contribution in [3.63, 3.8) is 0 Å². The third-order valence-electron chi connectivity index (χ3n) is 6.31. The van der Waals surface area contributed by atoms with Crippen molar-refractivity contribution in [1.29, 1.82) is 0 Å². The molecule has 0 aromatic carbocycles. The van der Waals surface area contributed by atoms with Crippen LogP contribution in [-0.2, 0) is 14.0 Å². The van der Waals surface area contributed by atoms with Gasteiger partial charge in [0.25, 0.3) is 0 Å². The number of ether oxygens (including phenoxy) is 1. The number of aromatic amines is 1. The van der Waals surface area contributed by atoms with Gasteiger partial charge >= 0.3 is 7.12 Å².